The van der Waals surface area contributed by atoms with E-state index in [1.54, 1.807) is 0 Å². The summed E-state index contributed by atoms with van der Waals surface area (Å²) in [5, 5.41) is 18.0. The lowest BCUT2D eigenvalue weighted by atomic mass is 9.93. The molecule has 0 aliphatic heterocycles. The molecule has 4 nitrogen and oxygen atoms in total. The molecule has 0 fully saturated rings. The lowest BCUT2D eigenvalue weighted by molar-refractivity contribution is -0.142. The highest BCUT2D eigenvalue weighted by molar-refractivity contribution is 5.70. The monoisotopic (exact) mass is 376 g/mol. The van der Waals surface area contributed by atoms with Gasteiger partial charge in [-0.25, -0.2) is 0 Å². The Labute approximate surface area is 164 Å². The molecule has 0 aromatic heterocycles. The van der Waals surface area contributed by atoms with Gasteiger partial charge in [0.15, 0.2) is 0 Å². The molecule has 2 N–H and O–H groups in total. The lowest BCUT2D eigenvalue weighted by Crippen LogP contribution is -2.16. The third-order valence-corrected chi connectivity index (χ3v) is 5.12. The van der Waals surface area contributed by atoms with Crippen LogP contribution < -0.4 is 0 Å². The number of aliphatic carboxylic acids is 2. The highest BCUT2D eigenvalue weighted by atomic mass is 16.4. The van der Waals surface area contributed by atoms with Crippen LogP contribution in [0.3, 0.4) is 0 Å². The minimum Gasteiger partial charge on any atom is -0.481 e. The molecule has 152 valence electrons. The molecular formula is C23H36O4. The van der Waals surface area contributed by atoms with Gasteiger partial charge in [-0.05, 0) is 24.8 Å². The van der Waals surface area contributed by atoms with Crippen molar-refractivity contribution in [2.45, 2.75) is 89.9 Å². The first-order valence-electron chi connectivity index (χ1n) is 10.6. The van der Waals surface area contributed by atoms with Crippen molar-refractivity contribution in [1.82, 2.24) is 0 Å². The molecule has 0 bridgehead atoms. The zero-order valence-corrected chi connectivity index (χ0v) is 16.6. The van der Waals surface area contributed by atoms with E-state index in [9.17, 15) is 14.7 Å². The van der Waals surface area contributed by atoms with Crippen molar-refractivity contribution in [3.8, 4) is 0 Å². The molecular weight excluding hydrogens is 340 g/mol. The third-order valence-electron chi connectivity index (χ3n) is 5.12. The molecule has 0 aliphatic carbocycles. The molecule has 1 rings (SSSR count). The lowest BCUT2D eigenvalue weighted by Gasteiger charge is -2.12. The largest absolute Gasteiger partial charge is 0.481 e. The smallest absolute Gasteiger partial charge is 0.306 e. The Hall–Kier alpha value is -1.84. The Morgan fingerprint density at radius 1 is 0.704 bits per heavy atom. The van der Waals surface area contributed by atoms with Gasteiger partial charge in [-0.2, -0.15) is 0 Å². The maximum atomic E-state index is 11.4. The minimum atomic E-state index is -0.690. The Balaban J connectivity index is 1.95. The number of benzene rings is 1. The Kier molecular flexibility index (Phi) is 13.1. The van der Waals surface area contributed by atoms with Crippen LogP contribution in [-0.2, 0) is 16.0 Å². The molecule has 1 atom stereocenters. The molecule has 1 aromatic rings. The van der Waals surface area contributed by atoms with Crippen LogP contribution >= 0.6 is 0 Å². The number of carbonyl (C=O) groups is 2. The topological polar surface area (TPSA) is 74.6 Å². The Bertz CT molecular complexity index is 512. The number of unbranched alkanes of at least 4 members (excludes halogenated alkanes) is 10. The average Bonchev–Trinajstić information content (AvgIpc) is 2.65. The molecule has 1 aromatic carbocycles. The molecule has 1 unspecified atom stereocenters. The van der Waals surface area contributed by atoms with Gasteiger partial charge in [0.1, 0.15) is 0 Å². The van der Waals surface area contributed by atoms with E-state index in [2.05, 4.69) is 0 Å². The molecule has 0 heterocycles. The van der Waals surface area contributed by atoms with E-state index in [1.165, 1.54) is 38.5 Å². The van der Waals surface area contributed by atoms with Gasteiger partial charge >= 0.3 is 11.9 Å². The van der Waals surface area contributed by atoms with Crippen LogP contribution in [0.2, 0.25) is 0 Å². The van der Waals surface area contributed by atoms with Gasteiger partial charge in [-0.15, -0.1) is 0 Å². The van der Waals surface area contributed by atoms with E-state index >= 15 is 0 Å². The molecule has 0 saturated heterocycles. The van der Waals surface area contributed by atoms with Gasteiger partial charge in [0, 0.05) is 6.42 Å². The number of hydrogen-bond acceptors (Lipinski definition) is 2. The van der Waals surface area contributed by atoms with Crippen molar-refractivity contribution in [3.63, 3.8) is 0 Å². The SMILES string of the molecule is O=C(O)CCCCCCCCCCCCCC(Cc1ccccc1)C(=O)O. The number of carboxylic acids is 2. The van der Waals surface area contributed by atoms with E-state index < -0.39 is 11.9 Å². The van der Waals surface area contributed by atoms with Crippen LogP contribution in [0.15, 0.2) is 30.3 Å². The fourth-order valence-electron chi connectivity index (χ4n) is 3.47. The van der Waals surface area contributed by atoms with Gasteiger partial charge in [0.2, 0.25) is 0 Å². The van der Waals surface area contributed by atoms with E-state index in [4.69, 9.17) is 5.11 Å². The van der Waals surface area contributed by atoms with Crippen molar-refractivity contribution in [2.75, 3.05) is 0 Å². The minimum absolute atomic E-state index is 0.270. The first-order chi connectivity index (χ1) is 13.1. The molecule has 0 saturated carbocycles. The summed E-state index contributed by atoms with van der Waals surface area (Å²) in [4.78, 5) is 21.8. The van der Waals surface area contributed by atoms with Crippen LogP contribution in [0, 0.1) is 5.92 Å². The van der Waals surface area contributed by atoms with E-state index in [1.807, 2.05) is 30.3 Å². The second-order valence-corrected chi connectivity index (χ2v) is 7.55. The van der Waals surface area contributed by atoms with Crippen LogP contribution in [-0.4, -0.2) is 22.2 Å². The number of rotatable bonds is 17. The van der Waals surface area contributed by atoms with Gasteiger partial charge < -0.3 is 10.2 Å². The zero-order chi connectivity index (χ0) is 19.7. The van der Waals surface area contributed by atoms with E-state index in [-0.39, 0.29) is 5.92 Å². The fraction of sp³-hybridized carbons (Fsp3) is 0.652. The van der Waals surface area contributed by atoms with E-state index in [0.29, 0.717) is 12.8 Å². The summed E-state index contributed by atoms with van der Waals surface area (Å²) in [7, 11) is 0. The van der Waals surface area contributed by atoms with Crippen LogP contribution in [0.5, 0.6) is 0 Å². The average molecular weight is 377 g/mol. The standard InChI is InChI=1S/C23H36O4/c24-22(25)18-14-9-7-5-3-1-2-4-6-8-13-17-21(23(26)27)19-20-15-11-10-12-16-20/h10-12,15-16,21H,1-9,13-14,17-19H2,(H,24,25)(H,26,27). The Morgan fingerprint density at radius 2 is 1.19 bits per heavy atom. The van der Waals surface area contributed by atoms with Gasteiger partial charge in [0.25, 0.3) is 0 Å². The summed E-state index contributed by atoms with van der Waals surface area (Å²) in [5.74, 6) is -1.64. The zero-order valence-electron chi connectivity index (χ0n) is 16.6. The summed E-state index contributed by atoms with van der Waals surface area (Å²) in [6.45, 7) is 0. The van der Waals surface area contributed by atoms with Gasteiger partial charge in [-0.1, -0.05) is 94.5 Å². The molecule has 27 heavy (non-hydrogen) atoms. The van der Waals surface area contributed by atoms with Crippen molar-refractivity contribution < 1.29 is 19.8 Å². The van der Waals surface area contributed by atoms with Crippen LogP contribution in [0.1, 0.15) is 89.0 Å². The van der Waals surface area contributed by atoms with Crippen LogP contribution in [0.25, 0.3) is 0 Å². The van der Waals surface area contributed by atoms with Crippen molar-refractivity contribution >= 4 is 11.9 Å². The van der Waals surface area contributed by atoms with Crippen LogP contribution in [0.4, 0.5) is 0 Å². The maximum absolute atomic E-state index is 11.4. The van der Waals surface area contributed by atoms with Crippen molar-refractivity contribution in [2.24, 2.45) is 5.92 Å². The van der Waals surface area contributed by atoms with Gasteiger partial charge in [0.05, 0.1) is 5.92 Å². The molecule has 0 aliphatic rings. The maximum Gasteiger partial charge on any atom is 0.306 e. The summed E-state index contributed by atoms with van der Waals surface area (Å²) >= 11 is 0. The Morgan fingerprint density at radius 3 is 1.67 bits per heavy atom. The highest BCUT2D eigenvalue weighted by Gasteiger charge is 2.17. The highest BCUT2D eigenvalue weighted by Crippen LogP contribution is 2.18. The quantitative estimate of drug-likeness (QED) is 0.323. The second kappa shape index (κ2) is 15.2. The van der Waals surface area contributed by atoms with Gasteiger partial charge in [-0.3, -0.25) is 9.59 Å². The molecule has 0 amide bonds. The van der Waals surface area contributed by atoms with Crippen molar-refractivity contribution in [3.05, 3.63) is 35.9 Å². The first kappa shape index (κ1) is 23.2. The van der Waals surface area contributed by atoms with E-state index in [0.717, 1.165) is 44.1 Å². The predicted octanol–water partition coefficient (Wildman–Crippen LogP) is 6.09. The summed E-state index contributed by atoms with van der Waals surface area (Å²) in [6, 6.07) is 9.89. The predicted molar refractivity (Wildman–Crippen MR) is 109 cm³/mol. The molecule has 0 radical (unpaired) electrons. The number of hydrogen-bond donors (Lipinski definition) is 2. The molecule has 0 spiro atoms. The summed E-state index contributed by atoms with van der Waals surface area (Å²) < 4.78 is 0. The summed E-state index contributed by atoms with van der Waals surface area (Å²) in [5.41, 5.74) is 1.10. The number of carboxylic acid groups (broad SMARTS) is 2. The molecule has 4 heteroatoms. The second-order valence-electron chi connectivity index (χ2n) is 7.55. The normalized spacial score (nSPS) is 12.0. The fourth-order valence-corrected chi connectivity index (χ4v) is 3.47. The first-order valence-corrected chi connectivity index (χ1v) is 10.6. The summed E-state index contributed by atoms with van der Waals surface area (Å²) in [6.07, 6.45) is 14.2. The third kappa shape index (κ3) is 13.0. The van der Waals surface area contributed by atoms with Crippen molar-refractivity contribution in [1.29, 1.82) is 0 Å².